The van der Waals surface area contributed by atoms with Gasteiger partial charge in [-0.25, -0.2) is 4.79 Å². The molecule has 1 unspecified atom stereocenters. The third-order valence-corrected chi connectivity index (χ3v) is 6.41. The van der Waals surface area contributed by atoms with Gasteiger partial charge in [0, 0.05) is 41.3 Å². The summed E-state index contributed by atoms with van der Waals surface area (Å²) in [6.45, 7) is 3.37. The predicted molar refractivity (Wildman–Crippen MR) is 120 cm³/mol. The number of rotatable bonds is 3. The molecule has 2 aliphatic rings. The highest BCUT2D eigenvalue weighted by Gasteiger charge is 2.59. The van der Waals surface area contributed by atoms with Crippen LogP contribution >= 0.6 is 11.6 Å². The zero-order chi connectivity index (χ0) is 21.6. The van der Waals surface area contributed by atoms with Crippen molar-refractivity contribution in [3.8, 4) is 0 Å². The number of urea groups is 1. The van der Waals surface area contributed by atoms with Gasteiger partial charge in [0.15, 0.2) is 5.66 Å². The molecule has 2 aliphatic heterocycles. The Balaban J connectivity index is 1.55. The van der Waals surface area contributed by atoms with E-state index in [4.69, 9.17) is 11.6 Å². The number of nitrogens with one attached hydrogen (secondary N) is 1. The number of hydrogen-bond donors (Lipinski definition) is 1. The molecule has 6 heteroatoms. The molecule has 0 radical (unpaired) electrons. The van der Waals surface area contributed by atoms with Gasteiger partial charge in [-0.15, -0.1) is 0 Å². The number of benzene rings is 3. The quantitative estimate of drug-likeness (QED) is 0.662. The molecule has 0 aromatic heterocycles. The minimum atomic E-state index is -0.977. The Morgan fingerprint density at radius 2 is 1.71 bits per heavy atom. The molecule has 2 heterocycles. The Hall–Kier alpha value is -3.31. The first kappa shape index (κ1) is 19.6. The van der Waals surface area contributed by atoms with Crippen LogP contribution in [0.2, 0.25) is 5.02 Å². The lowest BCUT2D eigenvalue weighted by Gasteiger charge is -2.40. The van der Waals surface area contributed by atoms with Crippen molar-refractivity contribution >= 4 is 23.5 Å². The fourth-order valence-corrected chi connectivity index (χ4v) is 4.83. The number of carbonyl (C=O) groups excluding carboxylic acids is 2. The van der Waals surface area contributed by atoms with Gasteiger partial charge in [-0.1, -0.05) is 71.8 Å². The molecule has 3 aromatic carbocycles. The average molecular weight is 432 g/mol. The second-order valence-electron chi connectivity index (χ2n) is 7.98. The van der Waals surface area contributed by atoms with Crippen molar-refractivity contribution in [3.63, 3.8) is 0 Å². The summed E-state index contributed by atoms with van der Waals surface area (Å²) in [7, 11) is 0. The molecule has 5 nitrogen and oxygen atoms in total. The van der Waals surface area contributed by atoms with Gasteiger partial charge in [0.2, 0.25) is 0 Å². The highest BCUT2D eigenvalue weighted by Crippen LogP contribution is 2.49. The van der Waals surface area contributed by atoms with E-state index in [-0.39, 0.29) is 11.9 Å². The maximum absolute atomic E-state index is 13.4. The number of hydrogen-bond acceptors (Lipinski definition) is 2. The van der Waals surface area contributed by atoms with Gasteiger partial charge < -0.3 is 10.2 Å². The minimum absolute atomic E-state index is 0.0561. The smallest absolute Gasteiger partial charge is 0.320 e. The molecule has 31 heavy (non-hydrogen) atoms. The number of nitrogens with zero attached hydrogens (tertiary/aromatic N) is 2. The lowest BCUT2D eigenvalue weighted by atomic mass is 9.90. The zero-order valence-corrected chi connectivity index (χ0v) is 17.9. The Labute approximate surface area is 186 Å². The van der Waals surface area contributed by atoms with Gasteiger partial charge in [0.1, 0.15) is 0 Å². The number of aryl methyl sites for hydroxylation is 1. The van der Waals surface area contributed by atoms with Crippen LogP contribution in [0.15, 0.2) is 72.8 Å². The van der Waals surface area contributed by atoms with Crippen LogP contribution in [0.5, 0.6) is 0 Å². The molecule has 1 N–H and O–H groups in total. The lowest BCUT2D eigenvalue weighted by molar-refractivity contribution is 0.0545. The monoisotopic (exact) mass is 431 g/mol. The van der Waals surface area contributed by atoms with E-state index in [0.717, 1.165) is 16.7 Å². The fraction of sp³-hybridized carbons (Fsp3) is 0.200. The van der Waals surface area contributed by atoms with Crippen LogP contribution in [0, 0.1) is 6.92 Å². The molecule has 3 amide bonds. The summed E-state index contributed by atoms with van der Waals surface area (Å²) in [5.41, 5.74) is 3.53. The SMILES string of the molecule is Cc1ccc(CNC(=O)N2CCN3C(=O)c4ccccc4C23c2ccc(Cl)cc2)cc1. The molecule has 3 aromatic rings. The average Bonchev–Trinajstić information content (AvgIpc) is 3.29. The Morgan fingerprint density at radius 3 is 2.45 bits per heavy atom. The topological polar surface area (TPSA) is 52.7 Å². The van der Waals surface area contributed by atoms with Crippen molar-refractivity contribution in [3.05, 3.63) is 106 Å². The molecule has 0 aliphatic carbocycles. The Bertz CT molecular complexity index is 1160. The van der Waals surface area contributed by atoms with Crippen LogP contribution in [-0.4, -0.2) is 34.8 Å². The van der Waals surface area contributed by atoms with Gasteiger partial charge in [-0.05, 0) is 30.7 Å². The molecule has 0 saturated carbocycles. The number of fused-ring (bicyclic) bond motifs is 3. The van der Waals surface area contributed by atoms with Crippen LogP contribution in [-0.2, 0) is 12.2 Å². The van der Waals surface area contributed by atoms with Crippen LogP contribution in [0.4, 0.5) is 4.79 Å². The summed E-state index contributed by atoms with van der Waals surface area (Å²) in [5.74, 6) is -0.0561. The summed E-state index contributed by atoms with van der Waals surface area (Å²) in [6, 6.07) is 22.8. The van der Waals surface area contributed by atoms with Crippen LogP contribution in [0.25, 0.3) is 0 Å². The maximum atomic E-state index is 13.4. The van der Waals surface area contributed by atoms with Crippen molar-refractivity contribution in [1.82, 2.24) is 15.1 Å². The highest BCUT2D eigenvalue weighted by molar-refractivity contribution is 6.30. The van der Waals surface area contributed by atoms with Crippen molar-refractivity contribution in [2.24, 2.45) is 0 Å². The molecular weight excluding hydrogens is 410 g/mol. The van der Waals surface area contributed by atoms with Crippen LogP contribution in [0.3, 0.4) is 0 Å². The van der Waals surface area contributed by atoms with Crippen molar-refractivity contribution < 1.29 is 9.59 Å². The van der Waals surface area contributed by atoms with E-state index in [9.17, 15) is 9.59 Å². The standard InChI is InChI=1S/C25H22ClN3O2/c1-17-6-8-18(9-7-17)16-27-24(31)29-15-14-28-23(30)21-4-2-3-5-22(21)25(28,29)19-10-12-20(26)13-11-19/h2-13H,14-16H2,1H3,(H,27,31). The van der Waals surface area contributed by atoms with Gasteiger partial charge in [-0.3, -0.25) is 9.69 Å². The van der Waals surface area contributed by atoms with Crippen LogP contribution < -0.4 is 5.32 Å². The zero-order valence-electron chi connectivity index (χ0n) is 17.1. The van der Waals surface area contributed by atoms with Gasteiger partial charge in [-0.2, -0.15) is 0 Å². The summed E-state index contributed by atoms with van der Waals surface area (Å²) in [5, 5.41) is 3.66. The van der Waals surface area contributed by atoms with Gasteiger partial charge in [0.25, 0.3) is 5.91 Å². The summed E-state index contributed by atoms with van der Waals surface area (Å²) in [4.78, 5) is 30.3. The van der Waals surface area contributed by atoms with E-state index in [0.29, 0.717) is 30.2 Å². The summed E-state index contributed by atoms with van der Waals surface area (Å²) >= 11 is 6.14. The van der Waals surface area contributed by atoms with E-state index < -0.39 is 5.66 Å². The molecule has 156 valence electrons. The number of carbonyl (C=O) groups is 2. The minimum Gasteiger partial charge on any atom is -0.334 e. The van der Waals surface area contributed by atoms with E-state index in [1.165, 1.54) is 5.56 Å². The Morgan fingerprint density at radius 1 is 1.00 bits per heavy atom. The van der Waals surface area contributed by atoms with E-state index >= 15 is 0 Å². The molecular formula is C25H22ClN3O2. The largest absolute Gasteiger partial charge is 0.334 e. The molecule has 1 atom stereocenters. The van der Waals surface area contributed by atoms with Gasteiger partial charge >= 0.3 is 6.03 Å². The highest BCUT2D eigenvalue weighted by atomic mass is 35.5. The third kappa shape index (κ3) is 3.00. The van der Waals surface area contributed by atoms with Crippen molar-refractivity contribution in [2.45, 2.75) is 19.1 Å². The first-order valence-corrected chi connectivity index (χ1v) is 10.7. The van der Waals surface area contributed by atoms with Crippen molar-refractivity contribution in [2.75, 3.05) is 13.1 Å². The maximum Gasteiger partial charge on any atom is 0.320 e. The second kappa shape index (κ2) is 7.43. The van der Waals surface area contributed by atoms with Gasteiger partial charge in [0.05, 0.1) is 0 Å². The number of halogens is 1. The molecule has 1 saturated heterocycles. The normalized spacial score (nSPS) is 19.4. The second-order valence-corrected chi connectivity index (χ2v) is 8.41. The lowest BCUT2D eigenvalue weighted by Crippen LogP contribution is -2.54. The third-order valence-electron chi connectivity index (χ3n) is 6.16. The summed E-state index contributed by atoms with van der Waals surface area (Å²) in [6.07, 6.45) is 0. The van der Waals surface area contributed by atoms with Crippen molar-refractivity contribution in [1.29, 1.82) is 0 Å². The van der Waals surface area contributed by atoms with E-state index in [1.807, 2.05) is 67.6 Å². The predicted octanol–water partition coefficient (Wildman–Crippen LogP) is 4.53. The molecule has 0 spiro atoms. The fourth-order valence-electron chi connectivity index (χ4n) is 4.70. The van der Waals surface area contributed by atoms with E-state index in [1.54, 1.807) is 21.9 Å². The summed E-state index contributed by atoms with van der Waals surface area (Å²) < 4.78 is 0. The Kier molecular flexibility index (Phi) is 4.71. The molecule has 5 rings (SSSR count). The molecule has 1 fully saturated rings. The molecule has 0 bridgehead atoms. The first-order valence-electron chi connectivity index (χ1n) is 10.3. The van der Waals surface area contributed by atoms with Crippen LogP contribution in [0.1, 0.15) is 32.6 Å². The first-order chi connectivity index (χ1) is 15.0. The van der Waals surface area contributed by atoms with E-state index in [2.05, 4.69) is 5.32 Å². The number of amides is 3.